The predicted octanol–water partition coefficient (Wildman–Crippen LogP) is 5.13. The molecule has 5 nitrogen and oxygen atoms in total. The summed E-state index contributed by atoms with van der Waals surface area (Å²) in [5.74, 6) is 1.10. The van der Waals surface area contributed by atoms with Gasteiger partial charge in [-0.3, -0.25) is 15.1 Å². The highest BCUT2D eigenvalue weighted by atomic mass is 32.2. The lowest BCUT2D eigenvalue weighted by atomic mass is 10.1. The van der Waals surface area contributed by atoms with Crippen molar-refractivity contribution in [3.63, 3.8) is 0 Å². The SMILES string of the molecule is CC.CC.CC.O=[N+]([O-])c1cccc([C@H]2CN3CCSC3=N2)c1. The maximum absolute atomic E-state index is 10.7. The first-order valence-electron chi connectivity index (χ1n) is 8.44. The van der Waals surface area contributed by atoms with E-state index in [1.54, 1.807) is 23.9 Å². The number of nitrogens with zero attached hydrogens (tertiary/aromatic N) is 3. The Bertz CT molecular complexity index is 506. The Hall–Kier alpha value is -1.56. The van der Waals surface area contributed by atoms with Crippen LogP contribution in [-0.4, -0.2) is 33.8 Å². The summed E-state index contributed by atoms with van der Waals surface area (Å²) in [6.07, 6.45) is 0. The molecule has 1 saturated heterocycles. The van der Waals surface area contributed by atoms with Gasteiger partial charge in [0, 0.05) is 31.0 Å². The molecule has 0 aromatic heterocycles. The fourth-order valence-electron chi connectivity index (χ4n) is 2.13. The van der Waals surface area contributed by atoms with Crippen LogP contribution in [0.25, 0.3) is 0 Å². The van der Waals surface area contributed by atoms with Crippen LogP contribution in [0.2, 0.25) is 0 Å². The third-order valence-corrected chi connectivity index (χ3v) is 4.00. The monoisotopic (exact) mass is 339 g/mol. The predicted molar refractivity (Wildman–Crippen MR) is 101 cm³/mol. The Labute approximate surface area is 144 Å². The Morgan fingerprint density at radius 3 is 2.43 bits per heavy atom. The van der Waals surface area contributed by atoms with E-state index in [2.05, 4.69) is 9.89 Å². The molecular formula is C17H29N3O2S. The van der Waals surface area contributed by atoms with Crippen LogP contribution < -0.4 is 0 Å². The first-order valence-corrected chi connectivity index (χ1v) is 9.42. The molecule has 0 unspecified atom stereocenters. The molecule has 0 amide bonds. The summed E-state index contributed by atoms with van der Waals surface area (Å²) in [6.45, 7) is 13.9. The number of benzene rings is 1. The molecule has 6 heteroatoms. The van der Waals surface area contributed by atoms with Crippen LogP contribution in [0.4, 0.5) is 5.69 Å². The zero-order valence-corrected chi connectivity index (χ0v) is 15.9. The van der Waals surface area contributed by atoms with Crippen molar-refractivity contribution in [2.75, 3.05) is 18.8 Å². The van der Waals surface area contributed by atoms with Gasteiger partial charge in [0.1, 0.15) is 0 Å². The maximum atomic E-state index is 10.7. The number of nitro groups is 1. The Balaban J connectivity index is 0.000000728. The lowest BCUT2D eigenvalue weighted by Gasteiger charge is -2.12. The molecule has 2 aliphatic rings. The topological polar surface area (TPSA) is 58.7 Å². The van der Waals surface area contributed by atoms with E-state index in [0.717, 1.165) is 29.6 Å². The van der Waals surface area contributed by atoms with Crippen molar-refractivity contribution in [1.29, 1.82) is 0 Å². The third kappa shape index (κ3) is 5.86. The number of rotatable bonds is 2. The maximum Gasteiger partial charge on any atom is 0.269 e. The highest BCUT2D eigenvalue weighted by Gasteiger charge is 2.30. The van der Waals surface area contributed by atoms with Gasteiger partial charge in [0.05, 0.1) is 11.0 Å². The number of nitro benzene ring substituents is 1. The van der Waals surface area contributed by atoms with Crippen LogP contribution in [0.3, 0.4) is 0 Å². The van der Waals surface area contributed by atoms with E-state index < -0.39 is 0 Å². The average Bonchev–Trinajstić information content (AvgIpc) is 3.22. The summed E-state index contributed by atoms with van der Waals surface area (Å²) in [5.41, 5.74) is 1.07. The van der Waals surface area contributed by atoms with Crippen molar-refractivity contribution in [2.45, 2.75) is 47.6 Å². The molecule has 0 spiro atoms. The van der Waals surface area contributed by atoms with Crippen LogP contribution in [-0.2, 0) is 0 Å². The van der Waals surface area contributed by atoms with Gasteiger partial charge in [-0.05, 0) is 5.56 Å². The zero-order valence-electron chi connectivity index (χ0n) is 15.1. The van der Waals surface area contributed by atoms with Crippen LogP contribution in [0.1, 0.15) is 53.1 Å². The molecular weight excluding hydrogens is 310 g/mol. The van der Waals surface area contributed by atoms with E-state index >= 15 is 0 Å². The molecule has 2 heterocycles. The molecule has 1 atom stereocenters. The molecule has 130 valence electrons. The summed E-state index contributed by atoms with van der Waals surface area (Å²) in [6, 6.07) is 6.83. The van der Waals surface area contributed by atoms with Crippen molar-refractivity contribution in [1.82, 2.24) is 4.90 Å². The normalized spacial score (nSPS) is 17.4. The molecule has 1 aromatic rings. The van der Waals surface area contributed by atoms with Gasteiger partial charge in [0.25, 0.3) is 5.69 Å². The van der Waals surface area contributed by atoms with Crippen LogP contribution in [0.5, 0.6) is 0 Å². The number of fused-ring (bicyclic) bond motifs is 1. The van der Waals surface area contributed by atoms with Crippen LogP contribution in [0.15, 0.2) is 29.3 Å². The van der Waals surface area contributed by atoms with E-state index in [1.165, 1.54) is 6.07 Å². The molecule has 0 aliphatic carbocycles. The van der Waals surface area contributed by atoms with Crippen LogP contribution in [0, 0.1) is 10.1 Å². The minimum atomic E-state index is -0.360. The third-order valence-electron chi connectivity index (χ3n) is 2.99. The molecule has 2 aliphatic heterocycles. The lowest BCUT2D eigenvalue weighted by molar-refractivity contribution is -0.384. The minimum absolute atomic E-state index is 0.0534. The molecule has 0 radical (unpaired) electrons. The van der Waals surface area contributed by atoms with E-state index in [-0.39, 0.29) is 16.7 Å². The second-order valence-corrected chi connectivity index (χ2v) is 5.14. The average molecular weight is 340 g/mol. The van der Waals surface area contributed by atoms with Gasteiger partial charge in [0.2, 0.25) is 0 Å². The largest absolute Gasteiger partial charge is 0.348 e. The lowest BCUT2D eigenvalue weighted by Crippen LogP contribution is -2.21. The molecule has 1 aromatic carbocycles. The molecule has 23 heavy (non-hydrogen) atoms. The Morgan fingerprint density at radius 2 is 1.87 bits per heavy atom. The van der Waals surface area contributed by atoms with Crippen molar-refractivity contribution >= 4 is 22.6 Å². The van der Waals surface area contributed by atoms with Gasteiger partial charge in [-0.1, -0.05) is 65.4 Å². The fourth-order valence-corrected chi connectivity index (χ4v) is 3.18. The summed E-state index contributed by atoms with van der Waals surface area (Å²) in [7, 11) is 0. The highest BCUT2D eigenvalue weighted by molar-refractivity contribution is 8.14. The number of amidine groups is 1. The van der Waals surface area contributed by atoms with E-state index in [4.69, 9.17) is 0 Å². The van der Waals surface area contributed by atoms with E-state index in [0.29, 0.717) is 0 Å². The van der Waals surface area contributed by atoms with E-state index in [1.807, 2.05) is 47.6 Å². The van der Waals surface area contributed by atoms with Gasteiger partial charge in [-0.2, -0.15) is 0 Å². The molecule has 0 bridgehead atoms. The van der Waals surface area contributed by atoms with Crippen molar-refractivity contribution in [3.05, 3.63) is 39.9 Å². The Morgan fingerprint density at radius 1 is 1.22 bits per heavy atom. The second kappa shape index (κ2) is 11.9. The molecule has 3 rings (SSSR count). The van der Waals surface area contributed by atoms with Crippen molar-refractivity contribution in [2.24, 2.45) is 4.99 Å². The quantitative estimate of drug-likeness (QED) is 0.553. The number of hydrogen-bond acceptors (Lipinski definition) is 5. The first kappa shape index (κ1) is 21.4. The molecule has 0 saturated carbocycles. The fraction of sp³-hybridized carbons (Fsp3) is 0.588. The van der Waals surface area contributed by atoms with Gasteiger partial charge in [-0.25, -0.2) is 0 Å². The van der Waals surface area contributed by atoms with Crippen molar-refractivity contribution < 1.29 is 4.92 Å². The van der Waals surface area contributed by atoms with Crippen molar-refractivity contribution in [3.8, 4) is 0 Å². The summed E-state index contributed by atoms with van der Waals surface area (Å²) in [5, 5.41) is 11.8. The van der Waals surface area contributed by atoms with Gasteiger partial charge >= 0.3 is 0 Å². The standard InChI is InChI=1S/C11H11N3O2S.3C2H6/c15-14(16)9-3-1-2-8(6-9)10-7-13-4-5-17-11(13)12-10;3*1-2/h1-3,6,10H,4-5,7H2;3*1-2H3/t10-;;;/m1.../s1. The summed E-state index contributed by atoms with van der Waals surface area (Å²) < 4.78 is 0. The van der Waals surface area contributed by atoms with Gasteiger partial charge in [0.15, 0.2) is 5.17 Å². The van der Waals surface area contributed by atoms with Gasteiger partial charge < -0.3 is 4.90 Å². The van der Waals surface area contributed by atoms with Crippen LogP contribution >= 0.6 is 11.8 Å². The van der Waals surface area contributed by atoms with Gasteiger partial charge in [-0.15, -0.1) is 0 Å². The number of hydrogen-bond donors (Lipinski definition) is 0. The molecule has 0 N–H and O–H groups in total. The second-order valence-electron chi connectivity index (χ2n) is 4.07. The smallest absolute Gasteiger partial charge is 0.269 e. The molecule has 1 fully saturated rings. The number of aliphatic imine (C=N–C) groups is 1. The highest BCUT2D eigenvalue weighted by Crippen LogP contribution is 2.33. The minimum Gasteiger partial charge on any atom is -0.348 e. The summed E-state index contributed by atoms with van der Waals surface area (Å²) in [4.78, 5) is 17.2. The number of thioether (sulfide) groups is 1. The van der Waals surface area contributed by atoms with E-state index in [9.17, 15) is 10.1 Å². The number of non-ortho nitro benzene ring substituents is 1. The Kier molecular flexibility index (Phi) is 11.1. The first-order chi connectivity index (χ1) is 11.2. The zero-order chi connectivity index (χ0) is 17.8. The summed E-state index contributed by atoms with van der Waals surface area (Å²) >= 11 is 1.76.